The van der Waals surface area contributed by atoms with Gasteiger partial charge in [-0.15, -0.1) is 0 Å². The average molecular weight is 264 g/mol. The van der Waals surface area contributed by atoms with Crippen molar-refractivity contribution >= 4 is 11.8 Å². The summed E-state index contributed by atoms with van der Waals surface area (Å²) in [5, 5.41) is 0. The van der Waals surface area contributed by atoms with Crippen molar-refractivity contribution < 1.29 is 19.1 Å². The normalized spacial score (nSPS) is 11.1. The first kappa shape index (κ1) is 15.2. The lowest BCUT2D eigenvalue weighted by Crippen LogP contribution is -2.35. The largest absolute Gasteiger partial charge is 0.496 e. The highest BCUT2D eigenvalue weighted by molar-refractivity contribution is 6.13. The lowest BCUT2D eigenvalue weighted by Gasteiger charge is -2.22. The van der Waals surface area contributed by atoms with Crippen LogP contribution in [0, 0.1) is 19.3 Å². The number of ether oxygens (including phenoxy) is 2. The van der Waals surface area contributed by atoms with Crippen molar-refractivity contribution in [3.63, 3.8) is 0 Å². The molecule has 0 aliphatic carbocycles. The fraction of sp³-hybridized carbons (Fsp3) is 0.467. The maximum Gasteiger partial charge on any atom is 0.319 e. The first-order valence-corrected chi connectivity index (χ1v) is 6.04. The smallest absolute Gasteiger partial charge is 0.319 e. The molecule has 0 bridgehead atoms. The molecule has 0 aliphatic heterocycles. The molecule has 0 spiro atoms. The highest BCUT2D eigenvalue weighted by Gasteiger charge is 2.39. The summed E-state index contributed by atoms with van der Waals surface area (Å²) in [6, 6.07) is 3.68. The summed E-state index contributed by atoms with van der Waals surface area (Å²) in [5.41, 5.74) is 0.992. The Balaban J connectivity index is 3.38. The molecular formula is C15H20O4. The van der Waals surface area contributed by atoms with Crippen LogP contribution in [0.15, 0.2) is 12.1 Å². The molecule has 1 aromatic carbocycles. The third-order valence-electron chi connectivity index (χ3n) is 3.15. The molecule has 0 N–H and O–H groups in total. The maximum absolute atomic E-state index is 12.6. The van der Waals surface area contributed by atoms with Gasteiger partial charge in [0.25, 0.3) is 0 Å². The molecule has 0 fully saturated rings. The molecular weight excluding hydrogens is 244 g/mol. The van der Waals surface area contributed by atoms with Gasteiger partial charge in [0.15, 0.2) is 5.78 Å². The minimum atomic E-state index is -1.23. The summed E-state index contributed by atoms with van der Waals surface area (Å²) in [7, 11) is 2.78. The first-order valence-electron chi connectivity index (χ1n) is 6.04. The van der Waals surface area contributed by atoms with Crippen molar-refractivity contribution in [1.82, 2.24) is 0 Å². The van der Waals surface area contributed by atoms with Crippen molar-refractivity contribution in [1.29, 1.82) is 0 Å². The number of hydrogen-bond acceptors (Lipinski definition) is 4. The molecule has 1 aromatic rings. The monoisotopic (exact) mass is 264 g/mol. The number of methoxy groups -OCH3 is 2. The zero-order valence-electron chi connectivity index (χ0n) is 12.3. The Morgan fingerprint density at radius 2 is 1.68 bits per heavy atom. The minimum absolute atomic E-state index is 0.297. The molecule has 0 saturated carbocycles. The van der Waals surface area contributed by atoms with Crippen molar-refractivity contribution in [2.75, 3.05) is 14.2 Å². The molecule has 0 aromatic heterocycles. The van der Waals surface area contributed by atoms with Crippen LogP contribution in [-0.4, -0.2) is 26.0 Å². The predicted octanol–water partition coefficient (Wildman–Crippen LogP) is 2.69. The number of carbonyl (C=O) groups excluding carboxylic acids is 2. The van der Waals surface area contributed by atoms with Gasteiger partial charge in [-0.3, -0.25) is 9.59 Å². The van der Waals surface area contributed by atoms with Crippen LogP contribution in [0.4, 0.5) is 0 Å². The zero-order chi connectivity index (χ0) is 14.8. The van der Waals surface area contributed by atoms with Gasteiger partial charge in [-0.25, -0.2) is 0 Å². The van der Waals surface area contributed by atoms with Gasteiger partial charge >= 0.3 is 5.97 Å². The van der Waals surface area contributed by atoms with E-state index in [9.17, 15) is 9.59 Å². The fourth-order valence-corrected chi connectivity index (χ4v) is 2.04. The summed E-state index contributed by atoms with van der Waals surface area (Å²) < 4.78 is 9.96. The van der Waals surface area contributed by atoms with Crippen LogP contribution in [0.3, 0.4) is 0 Å². The van der Waals surface area contributed by atoms with Crippen molar-refractivity contribution in [2.24, 2.45) is 5.41 Å². The molecule has 0 amide bonds. The minimum Gasteiger partial charge on any atom is -0.496 e. The van der Waals surface area contributed by atoms with E-state index < -0.39 is 11.4 Å². The van der Waals surface area contributed by atoms with E-state index in [4.69, 9.17) is 9.47 Å². The van der Waals surface area contributed by atoms with E-state index >= 15 is 0 Å². The molecule has 0 radical (unpaired) electrons. The van der Waals surface area contributed by atoms with E-state index in [0.717, 1.165) is 11.1 Å². The number of rotatable bonds is 4. The summed E-state index contributed by atoms with van der Waals surface area (Å²) in [5.74, 6) is -0.368. The number of ketones is 1. The van der Waals surface area contributed by atoms with Crippen LogP contribution in [-0.2, 0) is 9.53 Å². The lowest BCUT2D eigenvalue weighted by molar-refractivity contribution is -0.147. The summed E-state index contributed by atoms with van der Waals surface area (Å²) >= 11 is 0. The van der Waals surface area contributed by atoms with Gasteiger partial charge in [0.1, 0.15) is 11.2 Å². The van der Waals surface area contributed by atoms with Crippen LogP contribution in [0.1, 0.15) is 35.3 Å². The predicted molar refractivity (Wildman–Crippen MR) is 72.6 cm³/mol. The number of aryl methyl sites for hydroxylation is 2. The second-order valence-corrected chi connectivity index (χ2v) is 5.10. The van der Waals surface area contributed by atoms with E-state index in [1.807, 2.05) is 19.9 Å². The third-order valence-corrected chi connectivity index (χ3v) is 3.15. The van der Waals surface area contributed by atoms with Crippen LogP contribution in [0.5, 0.6) is 5.75 Å². The highest BCUT2D eigenvalue weighted by atomic mass is 16.5. The van der Waals surface area contributed by atoms with Crippen LogP contribution < -0.4 is 4.74 Å². The van der Waals surface area contributed by atoms with E-state index in [2.05, 4.69) is 0 Å². The van der Waals surface area contributed by atoms with Crippen LogP contribution in [0.25, 0.3) is 0 Å². The van der Waals surface area contributed by atoms with E-state index in [1.165, 1.54) is 14.2 Å². The summed E-state index contributed by atoms with van der Waals surface area (Å²) in [4.78, 5) is 24.3. The number of esters is 1. The second kappa shape index (κ2) is 5.43. The lowest BCUT2D eigenvalue weighted by atomic mass is 9.82. The van der Waals surface area contributed by atoms with Crippen molar-refractivity contribution in [3.05, 3.63) is 28.8 Å². The number of carbonyl (C=O) groups is 2. The quantitative estimate of drug-likeness (QED) is 0.476. The van der Waals surface area contributed by atoms with E-state index in [0.29, 0.717) is 11.3 Å². The molecule has 0 unspecified atom stereocenters. The van der Waals surface area contributed by atoms with Crippen LogP contribution >= 0.6 is 0 Å². The molecule has 0 saturated heterocycles. The van der Waals surface area contributed by atoms with Gasteiger partial charge in [0, 0.05) is 0 Å². The maximum atomic E-state index is 12.6. The Hall–Kier alpha value is -1.84. The number of hydrogen-bond donors (Lipinski definition) is 0. The summed E-state index contributed by atoms with van der Waals surface area (Å²) in [6.07, 6.45) is 0. The van der Waals surface area contributed by atoms with Crippen molar-refractivity contribution in [2.45, 2.75) is 27.7 Å². The SMILES string of the molecule is COC(=O)C(C)(C)C(=O)c1c(C)cc(C)cc1OC. The molecule has 4 heteroatoms. The van der Waals surface area contributed by atoms with E-state index in [1.54, 1.807) is 19.9 Å². The Morgan fingerprint density at radius 1 is 1.11 bits per heavy atom. The average Bonchev–Trinajstić information content (AvgIpc) is 2.35. The molecule has 0 atom stereocenters. The van der Waals surface area contributed by atoms with Gasteiger partial charge in [0.05, 0.1) is 19.8 Å². The van der Waals surface area contributed by atoms with Gasteiger partial charge in [-0.1, -0.05) is 6.07 Å². The van der Waals surface area contributed by atoms with E-state index in [-0.39, 0.29) is 5.78 Å². The van der Waals surface area contributed by atoms with Crippen LogP contribution in [0.2, 0.25) is 0 Å². The molecule has 104 valence electrons. The molecule has 4 nitrogen and oxygen atoms in total. The molecule has 19 heavy (non-hydrogen) atoms. The van der Waals surface area contributed by atoms with Gasteiger partial charge in [-0.05, 0) is 44.9 Å². The molecule has 0 heterocycles. The Labute approximate surface area is 113 Å². The number of Topliss-reactive ketones (excluding diaryl/α,β-unsaturated/α-hetero) is 1. The standard InChI is InChI=1S/C15H20O4/c1-9-7-10(2)12(11(8-9)18-5)13(16)15(3,4)14(17)19-6/h7-8H,1-6H3. The van der Waals surface area contributed by atoms with Gasteiger partial charge in [-0.2, -0.15) is 0 Å². The summed E-state index contributed by atoms with van der Waals surface area (Å²) in [6.45, 7) is 6.87. The van der Waals surface area contributed by atoms with Gasteiger partial charge < -0.3 is 9.47 Å². The second-order valence-electron chi connectivity index (χ2n) is 5.10. The zero-order valence-corrected chi connectivity index (χ0v) is 12.3. The highest BCUT2D eigenvalue weighted by Crippen LogP contribution is 2.32. The number of benzene rings is 1. The molecule has 1 rings (SSSR count). The fourth-order valence-electron chi connectivity index (χ4n) is 2.04. The molecule has 0 aliphatic rings. The van der Waals surface area contributed by atoms with Gasteiger partial charge in [0.2, 0.25) is 0 Å². The first-order chi connectivity index (χ1) is 8.75. The third kappa shape index (κ3) is 2.78. The topological polar surface area (TPSA) is 52.6 Å². The Morgan fingerprint density at radius 3 is 2.16 bits per heavy atom. The Kier molecular flexibility index (Phi) is 4.35. The van der Waals surface area contributed by atoms with Crippen molar-refractivity contribution in [3.8, 4) is 5.75 Å². The Bertz CT molecular complexity index is 515.